The maximum Gasteiger partial charge on any atom is 0.251 e. The van der Waals surface area contributed by atoms with Gasteiger partial charge in [-0.1, -0.05) is 11.3 Å². The van der Waals surface area contributed by atoms with E-state index in [9.17, 15) is 4.79 Å². The number of aromatic nitrogens is 3. The van der Waals surface area contributed by atoms with Crippen molar-refractivity contribution in [3.05, 3.63) is 59.2 Å². The van der Waals surface area contributed by atoms with Crippen molar-refractivity contribution >= 4 is 29.0 Å². The molecule has 0 aliphatic heterocycles. The van der Waals surface area contributed by atoms with Gasteiger partial charge in [0.25, 0.3) is 5.91 Å². The van der Waals surface area contributed by atoms with Gasteiger partial charge in [0.05, 0.1) is 12.7 Å². The quantitative estimate of drug-likeness (QED) is 0.731. The van der Waals surface area contributed by atoms with Crippen molar-refractivity contribution in [2.45, 2.75) is 11.4 Å². The Morgan fingerprint density at radius 3 is 3.05 bits per heavy atom. The van der Waals surface area contributed by atoms with Crippen molar-refractivity contribution in [2.24, 2.45) is 0 Å². The number of carbonyl (C=O) groups excluding carboxylic acids is 1. The van der Waals surface area contributed by atoms with Gasteiger partial charge in [-0.15, -0.1) is 28.2 Å². The van der Waals surface area contributed by atoms with E-state index in [4.69, 9.17) is 0 Å². The summed E-state index contributed by atoms with van der Waals surface area (Å²) < 4.78 is 1.71. The second-order valence-corrected chi connectivity index (χ2v) is 6.33. The second-order valence-electron chi connectivity index (χ2n) is 4.52. The van der Waals surface area contributed by atoms with Crippen molar-refractivity contribution in [1.82, 2.24) is 20.3 Å². The van der Waals surface area contributed by atoms with Gasteiger partial charge in [-0.25, -0.2) is 4.68 Å². The highest BCUT2D eigenvalue weighted by molar-refractivity contribution is 7.98. The third-order valence-corrected chi connectivity index (χ3v) is 4.62. The Hall–Kier alpha value is -2.12. The number of nitrogens with one attached hydrogen (secondary N) is 1. The minimum Gasteiger partial charge on any atom is -0.346 e. The van der Waals surface area contributed by atoms with Crippen LogP contribution in [0.2, 0.25) is 0 Å². The van der Waals surface area contributed by atoms with Crippen LogP contribution in [0.5, 0.6) is 0 Å². The van der Waals surface area contributed by atoms with Crippen LogP contribution in [0.1, 0.15) is 16.1 Å². The van der Waals surface area contributed by atoms with Crippen molar-refractivity contribution in [3.8, 4) is 5.00 Å². The van der Waals surface area contributed by atoms with Gasteiger partial charge in [-0.3, -0.25) is 4.79 Å². The van der Waals surface area contributed by atoms with Crippen LogP contribution in [0.3, 0.4) is 0 Å². The Morgan fingerprint density at radius 2 is 2.27 bits per heavy atom. The van der Waals surface area contributed by atoms with Crippen LogP contribution < -0.4 is 5.32 Å². The van der Waals surface area contributed by atoms with E-state index in [-0.39, 0.29) is 5.91 Å². The monoisotopic (exact) mass is 330 g/mol. The van der Waals surface area contributed by atoms with E-state index < -0.39 is 0 Å². The fraction of sp³-hybridized carbons (Fsp3) is 0.133. The summed E-state index contributed by atoms with van der Waals surface area (Å²) in [5.41, 5.74) is 1.38. The first kappa shape index (κ1) is 14.8. The SMILES string of the molecule is CSc1cccc(C(=O)NCc2cn(-c3cccs3)nn2)c1. The van der Waals surface area contributed by atoms with E-state index in [0.29, 0.717) is 12.1 Å². The maximum absolute atomic E-state index is 12.1. The predicted octanol–water partition coefficient (Wildman–Crippen LogP) is 2.98. The summed E-state index contributed by atoms with van der Waals surface area (Å²) in [5, 5.41) is 14.0. The molecular weight excluding hydrogens is 316 g/mol. The van der Waals surface area contributed by atoms with Gasteiger partial charge in [0.1, 0.15) is 10.7 Å². The summed E-state index contributed by atoms with van der Waals surface area (Å²) in [7, 11) is 0. The molecule has 2 aromatic heterocycles. The molecule has 0 fully saturated rings. The average Bonchev–Trinajstić information content (AvgIpc) is 3.23. The highest BCUT2D eigenvalue weighted by atomic mass is 32.2. The molecule has 22 heavy (non-hydrogen) atoms. The van der Waals surface area contributed by atoms with Crippen LogP contribution in [-0.4, -0.2) is 27.2 Å². The summed E-state index contributed by atoms with van der Waals surface area (Å²) in [5.74, 6) is -0.110. The Morgan fingerprint density at radius 1 is 1.36 bits per heavy atom. The molecule has 3 aromatic rings. The number of benzene rings is 1. The molecule has 0 aliphatic rings. The van der Waals surface area contributed by atoms with Crippen LogP contribution >= 0.6 is 23.1 Å². The molecule has 5 nitrogen and oxygen atoms in total. The van der Waals surface area contributed by atoms with Crippen molar-refractivity contribution < 1.29 is 4.79 Å². The lowest BCUT2D eigenvalue weighted by Gasteiger charge is -2.04. The third kappa shape index (κ3) is 3.37. The molecule has 0 saturated heterocycles. The van der Waals surface area contributed by atoms with E-state index in [1.165, 1.54) is 0 Å². The molecule has 0 aliphatic carbocycles. The Kier molecular flexibility index (Phi) is 4.55. The lowest BCUT2D eigenvalue weighted by atomic mass is 10.2. The van der Waals surface area contributed by atoms with Gasteiger partial charge in [0.15, 0.2) is 0 Å². The first-order valence-corrected chi connectivity index (χ1v) is 8.74. The molecule has 0 bridgehead atoms. The van der Waals surface area contributed by atoms with E-state index in [1.54, 1.807) is 33.8 Å². The zero-order chi connectivity index (χ0) is 15.4. The molecule has 7 heteroatoms. The summed E-state index contributed by atoms with van der Waals surface area (Å²) in [6.07, 6.45) is 3.81. The lowest BCUT2D eigenvalue weighted by molar-refractivity contribution is 0.0950. The number of thiophene rings is 1. The number of nitrogens with zero attached hydrogens (tertiary/aromatic N) is 3. The first-order chi connectivity index (χ1) is 10.8. The Balaban J connectivity index is 1.63. The summed E-state index contributed by atoms with van der Waals surface area (Å²) in [4.78, 5) is 13.2. The molecule has 0 atom stereocenters. The van der Waals surface area contributed by atoms with Gasteiger partial charge >= 0.3 is 0 Å². The molecule has 2 heterocycles. The highest BCUT2D eigenvalue weighted by Gasteiger charge is 2.08. The zero-order valence-electron chi connectivity index (χ0n) is 11.9. The van der Waals surface area contributed by atoms with Gasteiger partial charge in [0.2, 0.25) is 0 Å². The maximum atomic E-state index is 12.1. The molecule has 1 aromatic carbocycles. The molecule has 1 N–H and O–H groups in total. The summed E-state index contributed by atoms with van der Waals surface area (Å²) >= 11 is 3.20. The number of amides is 1. The lowest BCUT2D eigenvalue weighted by Crippen LogP contribution is -2.22. The standard InChI is InChI=1S/C15H14N4OS2/c1-21-13-5-2-4-11(8-13)15(20)16-9-12-10-19(18-17-12)14-6-3-7-22-14/h2-8,10H,9H2,1H3,(H,16,20). The molecular formula is C15H14N4OS2. The smallest absolute Gasteiger partial charge is 0.251 e. The number of rotatable bonds is 5. The molecule has 0 unspecified atom stereocenters. The van der Waals surface area contributed by atoms with Gasteiger partial charge in [-0.2, -0.15) is 0 Å². The summed E-state index contributed by atoms with van der Waals surface area (Å²) in [6.45, 7) is 0.355. The third-order valence-electron chi connectivity index (χ3n) is 3.03. The minimum atomic E-state index is -0.110. The highest BCUT2D eigenvalue weighted by Crippen LogP contribution is 2.16. The van der Waals surface area contributed by atoms with E-state index in [0.717, 1.165) is 15.6 Å². The summed E-state index contributed by atoms with van der Waals surface area (Å²) in [6, 6.07) is 11.5. The van der Waals surface area contributed by atoms with Crippen LogP contribution in [-0.2, 0) is 6.54 Å². The fourth-order valence-corrected chi connectivity index (χ4v) is 3.03. The van der Waals surface area contributed by atoms with Crippen LogP contribution in [0.15, 0.2) is 52.9 Å². The number of thioether (sulfide) groups is 1. The van der Waals surface area contributed by atoms with Gasteiger partial charge in [-0.05, 0) is 42.0 Å². The van der Waals surface area contributed by atoms with E-state index in [1.807, 2.05) is 48.2 Å². The fourth-order valence-electron chi connectivity index (χ4n) is 1.92. The van der Waals surface area contributed by atoms with E-state index >= 15 is 0 Å². The Bertz CT molecular complexity index is 767. The minimum absolute atomic E-state index is 0.110. The van der Waals surface area contributed by atoms with Gasteiger partial charge < -0.3 is 5.32 Å². The molecule has 3 rings (SSSR count). The number of hydrogen-bond donors (Lipinski definition) is 1. The van der Waals surface area contributed by atoms with E-state index in [2.05, 4.69) is 15.6 Å². The van der Waals surface area contributed by atoms with Crippen LogP contribution in [0.4, 0.5) is 0 Å². The van der Waals surface area contributed by atoms with Crippen LogP contribution in [0, 0.1) is 0 Å². The normalized spacial score (nSPS) is 10.6. The largest absolute Gasteiger partial charge is 0.346 e. The topological polar surface area (TPSA) is 59.8 Å². The first-order valence-electron chi connectivity index (χ1n) is 6.63. The van der Waals surface area contributed by atoms with Gasteiger partial charge in [0, 0.05) is 10.5 Å². The molecule has 0 saturated carbocycles. The van der Waals surface area contributed by atoms with Crippen molar-refractivity contribution in [1.29, 1.82) is 0 Å². The molecule has 112 valence electrons. The number of hydrogen-bond acceptors (Lipinski definition) is 5. The van der Waals surface area contributed by atoms with Crippen molar-refractivity contribution in [2.75, 3.05) is 6.26 Å². The van der Waals surface area contributed by atoms with Crippen LogP contribution in [0.25, 0.3) is 5.00 Å². The zero-order valence-corrected chi connectivity index (χ0v) is 13.5. The second kappa shape index (κ2) is 6.76. The number of carbonyl (C=O) groups is 1. The Labute approximate surface area is 136 Å². The molecule has 1 amide bonds. The van der Waals surface area contributed by atoms with Crippen molar-refractivity contribution in [3.63, 3.8) is 0 Å². The molecule has 0 spiro atoms. The molecule has 0 radical (unpaired) electrons. The average molecular weight is 330 g/mol. The predicted molar refractivity (Wildman–Crippen MR) is 88.6 cm³/mol.